The molecule has 0 saturated carbocycles. The highest BCUT2D eigenvalue weighted by Crippen LogP contribution is 2.10. The summed E-state index contributed by atoms with van der Waals surface area (Å²) >= 11 is 0. The van der Waals surface area contributed by atoms with Crippen molar-refractivity contribution in [3.8, 4) is 0 Å². The van der Waals surface area contributed by atoms with E-state index in [4.69, 9.17) is 9.84 Å². The quantitative estimate of drug-likeness (QED) is 0.370. The first-order valence-electron chi connectivity index (χ1n) is 8.90. The van der Waals surface area contributed by atoms with Crippen LogP contribution in [0.5, 0.6) is 0 Å². The van der Waals surface area contributed by atoms with Gasteiger partial charge in [-0.25, -0.2) is 0 Å². The number of ketones is 1. The molecule has 1 unspecified atom stereocenters. The number of ether oxygens (including phenoxy) is 1. The molecule has 0 aliphatic carbocycles. The molecule has 5 heteroatoms. The molecule has 0 aromatic rings. The van der Waals surface area contributed by atoms with Gasteiger partial charge in [0.15, 0.2) is 5.78 Å². The summed E-state index contributed by atoms with van der Waals surface area (Å²) < 4.78 is 6.17. The molecule has 0 aliphatic rings. The van der Waals surface area contributed by atoms with Crippen LogP contribution in [0.3, 0.4) is 0 Å². The molecule has 5 nitrogen and oxygen atoms in total. The second-order valence-electron chi connectivity index (χ2n) is 7.41. The standard InChI is InChI=1S/C18H35NO4/c1-5-6-7-8-9-10-11-12-16(20)15-23-17(13-18(21)22)14-19(2,3)4/h17H,5-15H2,1-4H3/p+1. The number of unbranched alkanes of at least 4 members (excludes halogenated alkanes) is 6. The Kier molecular flexibility index (Phi) is 12.0. The van der Waals surface area contributed by atoms with E-state index >= 15 is 0 Å². The van der Waals surface area contributed by atoms with Gasteiger partial charge in [0.05, 0.1) is 27.6 Å². The Morgan fingerprint density at radius 2 is 1.57 bits per heavy atom. The summed E-state index contributed by atoms with van der Waals surface area (Å²) in [6.07, 6.45) is 8.35. The van der Waals surface area contributed by atoms with Gasteiger partial charge in [0.1, 0.15) is 19.3 Å². The molecule has 0 fully saturated rings. The third-order valence-corrected chi connectivity index (χ3v) is 3.69. The SMILES string of the molecule is CCCCCCCCCC(=O)COC(CC(=O)O)C[N+](C)(C)C. The number of likely N-dealkylation sites (N-methyl/N-ethyl adjacent to an activating group) is 1. The number of hydrogen-bond donors (Lipinski definition) is 1. The fourth-order valence-electron chi connectivity index (χ4n) is 2.54. The van der Waals surface area contributed by atoms with Gasteiger partial charge >= 0.3 is 5.97 Å². The van der Waals surface area contributed by atoms with Crippen LogP contribution < -0.4 is 0 Å². The van der Waals surface area contributed by atoms with Crippen molar-refractivity contribution in [2.45, 2.75) is 70.8 Å². The fraction of sp³-hybridized carbons (Fsp3) is 0.889. The van der Waals surface area contributed by atoms with Crippen molar-refractivity contribution in [1.29, 1.82) is 0 Å². The molecule has 1 N–H and O–H groups in total. The van der Waals surface area contributed by atoms with E-state index in [1.807, 2.05) is 21.1 Å². The maximum absolute atomic E-state index is 11.9. The molecular weight excluding hydrogens is 294 g/mol. The number of Topliss-reactive ketones (excluding diaryl/α,β-unsaturated/α-hetero) is 1. The van der Waals surface area contributed by atoms with Crippen LogP contribution in [0.1, 0.15) is 64.7 Å². The van der Waals surface area contributed by atoms with Crippen LogP contribution in [-0.4, -0.2) is 61.7 Å². The van der Waals surface area contributed by atoms with Crippen molar-refractivity contribution >= 4 is 11.8 Å². The molecule has 1 atom stereocenters. The van der Waals surface area contributed by atoms with Gasteiger partial charge in [-0.1, -0.05) is 45.4 Å². The van der Waals surface area contributed by atoms with E-state index in [-0.39, 0.29) is 18.8 Å². The van der Waals surface area contributed by atoms with E-state index in [2.05, 4.69) is 6.92 Å². The molecular formula is C18H36NO4+. The highest BCUT2D eigenvalue weighted by molar-refractivity contribution is 5.79. The summed E-state index contributed by atoms with van der Waals surface area (Å²) in [7, 11) is 5.95. The van der Waals surface area contributed by atoms with Crippen molar-refractivity contribution in [2.24, 2.45) is 0 Å². The van der Waals surface area contributed by atoms with Crippen LogP contribution in [0.4, 0.5) is 0 Å². The molecule has 0 saturated heterocycles. The number of carbonyl (C=O) groups excluding carboxylic acids is 1. The maximum Gasteiger partial charge on any atom is 0.306 e. The van der Waals surface area contributed by atoms with Gasteiger partial charge in [0.25, 0.3) is 0 Å². The lowest BCUT2D eigenvalue weighted by molar-refractivity contribution is -0.873. The van der Waals surface area contributed by atoms with Crippen molar-refractivity contribution in [3.05, 3.63) is 0 Å². The zero-order chi connectivity index (χ0) is 17.7. The summed E-state index contributed by atoms with van der Waals surface area (Å²) in [4.78, 5) is 22.7. The normalized spacial score (nSPS) is 13.0. The van der Waals surface area contributed by atoms with E-state index in [0.29, 0.717) is 17.4 Å². The average Bonchev–Trinajstić information content (AvgIpc) is 2.41. The summed E-state index contributed by atoms with van der Waals surface area (Å²) in [5.74, 6) is -0.807. The van der Waals surface area contributed by atoms with Crippen molar-refractivity contribution in [2.75, 3.05) is 34.3 Å². The zero-order valence-corrected chi connectivity index (χ0v) is 15.5. The number of carboxylic acid groups (broad SMARTS) is 1. The number of hydrogen-bond acceptors (Lipinski definition) is 3. The molecule has 0 aromatic heterocycles. The van der Waals surface area contributed by atoms with E-state index < -0.39 is 12.1 Å². The second kappa shape index (κ2) is 12.5. The van der Waals surface area contributed by atoms with Crippen LogP contribution in [0.15, 0.2) is 0 Å². The summed E-state index contributed by atoms with van der Waals surface area (Å²) in [5.41, 5.74) is 0. The van der Waals surface area contributed by atoms with Crippen molar-refractivity contribution < 1.29 is 23.9 Å². The first-order valence-corrected chi connectivity index (χ1v) is 8.90. The Bertz CT molecular complexity index is 336. The Balaban J connectivity index is 3.87. The number of carbonyl (C=O) groups is 2. The Morgan fingerprint density at radius 1 is 1.00 bits per heavy atom. The van der Waals surface area contributed by atoms with E-state index in [1.54, 1.807) is 0 Å². The minimum absolute atomic E-state index is 0.0355. The first kappa shape index (κ1) is 22.1. The van der Waals surface area contributed by atoms with Gasteiger partial charge in [-0.3, -0.25) is 9.59 Å². The number of carboxylic acids is 1. The molecule has 0 rings (SSSR count). The predicted octanol–water partition coefficient (Wildman–Crippen LogP) is 3.26. The fourth-order valence-corrected chi connectivity index (χ4v) is 2.54. The molecule has 0 spiro atoms. The van der Waals surface area contributed by atoms with Crippen LogP contribution in [0, 0.1) is 0 Å². The monoisotopic (exact) mass is 330 g/mol. The van der Waals surface area contributed by atoms with Gasteiger partial charge in [-0.05, 0) is 6.42 Å². The van der Waals surface area contributed by atoms with Crippen LogP contribution in [0.25, 0.3) is 0 Å². The predicted molar refractivity (Wildman–Crippen MR) is 92.5 cm³/mol. The molecule has 136 valence electrons. The summed E-state index contributed by atoms with van der Waals surface area (Å²) in [6, 6.07) is 0. The molecule has 0 aromatic carbocycles. The van der Waals surface area contributed by atoms with Crippen LogP contribution in [0.2, 0.25) is 0 Å². The minimum Gasteiger partial charge on any atom is -0.481 e. The van der Waals surface area contributed by atoms with Crippen LogP contribution in [-0.2, 0) is 14.3 Å². The zero-order valence-electron chi connectivity index (χ0n) is 15.5. The largest absolute Gasteiger partial charge is 0.481 e. The summed E-state index contributed by atoms with van der Waals surface area (Å²) in [6.45, 7) is 2.82. The van der Waals surface area contributed by atoms with Gasteiger partial charge < -0.3 is 14.3 Å². The van der Waals surface area contributed by atoms with Gasteiger partial charge in [0.2, 0.25) is 0 Å². The average molecular weight is 330 g/mol. The minimum atomic E-state index is -0.886. The summed E-state index contributed by atoms with van der Waals surface area (Å²) in [5, 5.41) is 8.94. The molecule has 23 heavy (non-hydrogen) atoms. The lowest BCUT2D eigenvalue weighted by atomic mass is 10.1. The van der Waals surface area contributed by atoms with E-state index in [9.17, 15) is 9.59 Å². The molecule has 0 heterocycles. The highest BCUT2D eigenvalue weighted by Gasteiger charge is 2.22. The smallest absolute Gasteiger partial charge is 0.306 e. The third kappa shape index (κ3) is 15.7. The van der Waals surface area contributed by atoms with Crippen LogP contribution >= 0.6 is 0 Å². The molecule has 0 amide bonds. The van der Waals surface area contributed by atoms with Gasteiger partial charge in [0, 0.05) is 6.42 Å². The van der Waals surface area contributed by atoms with Crippen molar-refractivity contribution in [1.82, 2.24) is 0 Å². The Labute approximate surface area is 141 Å². The van der Waals surface area contributed by atoms with Gasteiger partial charge in [-0.15, -0.1) is 0 Å². The number of rotatable bonds is 15. The highest BCUT2D eigenvalue weighted by atomic mass is 16.5. The first-order chi connectivity index (χ1) is 10.7. The number of quaternary nitrogens is 1. The Morgan fingerprint density at radius 3 is 2.09 bits per heavy atom. The number of aliphatic carboxylic acids is 1. The number of nitrogens with zero attached hydrogens (tertiary/aromatic N) is 1. The van der Waals surface area contributed by atoms with E-state index in [1.165, 1.54) is 32.1 Å². The van der Waals surface area contributed by atoms with Crippen molar-refractivity contribution in [3.63, 3.8) is 0 Å². The Hall–Kier alpha value is -0.940. The van der Waals surface area contributed by atoms with Gasteiger partial charge in [-0.2, -0.15) is 0 Å². The topological polar surface area (TPSA) is 63.6 Å². The molecule has 0 bridgehead atoms. The third-order valence-electron chi connectivity index (χ3n) is 3.69. The van der Waals surface area contributed by atoms with E-state index in [0.717, 1.165) is 12.8 Å². The lowest BCUT2D eigenvalue weighted by Crippen LogP contribution is -2.43. The molecule has 0 aliphatic heterocycles. The second-order valence-corrected chi connectivity index (χ2v) is 7.41. The molecule has 0 radical (unpaired) electrons. The maximum atomic E-state index is 11.9. The lowest BCUT2D eigenvalue weighted by Gasteiger charge is -2.28.